The van der Waals surface area contributed by atoms with Crippen molar-refractivity contribution in [3.63, 3.8) is 0 Å². The predicted molar refractivity (Wildman–Crippen MR) is 151 cm³/mol. The monoisotopic (exact) mass is 580 g/mol. The molecule has 2 aromatic rings. The van der Waals surface area contributed by atoms with Crippen LogP contribution < -0.4 is 20.7 Å². The molecule has 42 heavy (non-hydrogen) atoms. The van der Waals surface area contributed by atoms with E-state index in [1.807, 2.05) is 35.2 Å². The van der Waals surface area contributed by atoms with Gasteiger partial charge in [-0.3, -0.25) is 28.9 Å². The molecule has 2 aliphatic heterocycles. The van der Waals surface area contributed by atoms with Crippen LogP contribution in [-0.2, 0) is 35.1 Å². The predicted octanol–water partition coefficient (Wildman–Crippen LogP) is -0.105. The lowest BCUT2D eigenvalue weighted by atomic mass is 9.98. The second-order valence-electron chi connectivity index (χ2n) is 10.2. The third-order valence-corrected chi connectivity index (χ3v) is 7.02. The maximum absolute atomic E-state index is 13.6. The molecule has 2 saturated heterocycles. The SMILES string of the molecule is COc1ccc(C(=O)[C@H](NC(=O)[C@H](C)NC(=O)CN2CCOCC2)C(=O)N[C@@H](Cc2ccccc2)C(=O)[C@H]2CO2)cc1. The van der Waals surface area contributed by atoms with E-state index in [9.17, 15) is 24.0 Å². The van der Waals surface area contributed by atoms with Crippen LogP contribution in [0.5, 0.6) is 5.75 Å². The number of carbonyl (C=O) groups excluding carboxylic acids is 5. The van der Waals surface area contributed by atoms with Gasteiger partial charge in [0.25, 0.3) is 5.91 Å². The molecule has 224 valence electrons. The van der Waals surface area contributed by atoms with Gasteiger partial charge in [0.15, 0.2) is 17.6 Å². The van der Waals surface area contributed by atoms with Crippen LogP contribution in [0, 0.1) is 0 Å². The summed E-state index contributed by atoms with van der Waals surface area (Å²) in [6, 6.07) is 11.5. The third-order valence-electron chi connectivity index (χ3n) is 7.02. The standard InChI is InChI=1S/C30H36N4O8/c1-19(31-25(35)17-34-12-14-41-15-13-34)29(38)33-26(27(36)21-8-10-22(40-2)11-9-21)30(39)32-23(28(37)24-18-42-24)16-20-6-4-3-5-7-20/h3-11,19,23-24,26H,12-18H2,1-2H3,(H,31,35)(H,32,39)(H,33,38)/t19-,23-,24+,26-/m0/s1. The smallest absolute Gasteiger partial charge is 0.251 e. The number of Topliss-reactive ketones (excluding diaryl/α,β-unsaturated/α-hetero) is 2. The number of carbonyl (C=O) groups is 5. The molecule has 0 aromatic heterocycles. The maximum atomic E-state index is 13.6. The summed E-state index contributed by atoms with van der Waals surface area (Å²) in [6.45, 7) is 4.05. The Balaban J connectivity index is 1.49. The second-order valence-corrected chi connectivity index (χ2v) is 10.2. The minimum atomic E-state index is -1.67. The van der Waals surface area contributed by atoms with E-state index in [4.69, 9.17) is 14.2 Å². The lowest BCUT2D eigenvalue weighted by Gasteiger charge is -2.27. The van der Waals surface area contributed by atoms with Crippen molar-refractivity contribution in [3.05, 3.63) is 65.7 Å². The molecular formula is C30H36N4O8. The van der Waals surface area contributed by atoms with E-state index < -0.39 is 41.8 Å². The lowest BCUT2D eigenvalue weighted by Crippen LogP contribution is -2.59. The van der Waals surface area contributed by atoms with Crippen molar-refractivity contribution in [3.8, 4) is 5.75 Å². The van der Waals surface area contributed by atoms with Crippen LogP contribution in [0.2, 0.25) is 0 Å². The molecule has 0 aliphatic carbocycles. The summed E-state index contributed by atoms with van der Waals surface area (Å²) in [4.78, 5) is 67.8. The molecule has 2 aliphatic rings. The van der Waals surface area contributed by atoms with Crippen molar-refractivity contribution in [1.29, 1.82) is 0 Å². The van der Waals surface area contributed by atoms with E-state index in [-0.39, 0.29) is 36.8 Å². The first kappa shape index (κ1) is 30.8. The van der Waals surface area contributed by atoms with Gasteiger partial charge in [-0.05, 0) is 43.2 Å². The van der Waals surface area contributed by atoms with Crippen LogP contribution in [0.25, 0.3) is 0 Å². The van der Waals surface area contributed by atoms with Crippen LogP contribution in [0.1, 0.15) is 22.8 Å². The van der Waals surface area contributed by atoms with Crippen molar-refractivity contribution in [2.45, 2.75) is 37.6 Å². The molecule has 4 atom stereocenters. The van der Waals surface area contributed by atoms with Gasteiger partial charge in [-0.2, -0.15) is 0 Å². The number of morpholine rings is 1. The number of nitrogens with one attached hydrogen (secondary N) is 3. The maximum Gasteiger partial charge on any atom is 0.251 e. The molecule has 3 N–H and O–H groups in total. The first-order valence-electron chi connectivity index (χ1n) is 13.8. The summed E-state index contributed by atoms with van der Waals surface area (Å²) >= 11 is 0. The summed E-state index contributed by atoms with van der Waals surface area (Å²) < 4.78 is 15.6. The molecule has 0 spiro atoms. The molecule has 0 radical (unpaired) electrons. The van der Waals surface area contributed by atoms with Crippen molar-refractivity contribution >= 4 is 29.3 Å². The van der Waals surface area contributed by atoms with Gasteiger partial charge in [-0.25, -0.2) is 0 Å². The number of nitrogens with zero attached hydrogens (tertiary/aromatic N) is 1. The molecule has 0 bridgehead atoms. The summed E-state index contributed by atoms with van der Waals surface area (Å²) in [5, 5.41) is 7.76. The highest BCUT2D eigenvalue weighted by Gasteiger charge is 2.39. The van der Waals surface area contributed by atoms with E-state index in [2.05, 4.69) is 16.0 Å². The topological polar surface area (TPSA) is 156 Å². The van der Waals surface area contributed by atoms with E-state index >= 15 is 0 Å². The van der Waals surface area contributed by atoms with Gasteiger partial charge in [-0.1, -0.05) is 30.3 Å². The van der Waals surface area contributed by atoms with Crippen LogP contribution >= 0.6 is 0 Å². The summed E-state index contributed by atoms with van der Waals surface area (Å²) in [7, 11) is 1.48. The number of ketones is 2. The molecule has 2 fully saturated rings. The molecular weight excluding hydrogens is 544 g/mol. The normalized spacial score (nSPS) is 18.6. The first-order valence-corrected chi connectivity index (χ1v) is 13.8. The Kier molecular flexibility index (Phi) is 10.8. The fourth-order valence-electron chi connectivity index (χ4n) is 4.52. The number of methoxy groups -OCH3 is 1. The Labute approximate surface area is 244 Å². The quantitative estimate of drug-likeness (QED) is 0.158. The average molecular weight is 581 g/mol. The van der Waals surface area contributed by atoms with Gasteiger partial charge in [-0.15, -0.1) is 0 Å². The lowest BCUT2D eigenvalue weighted by molar-refractivity contribution is -0.132. The Hall–Kier alpha value is -4.13. The molecule has 0 saturated carbocycles. The number of amides is 3. The molecule has 12 nitrogen and oxygen atoms in total. The molecule has 2 heterocycles. The zero-order valence-electron chi connectivity index (χ0n) is 23.7. The van der Waals surface area contributed by atoms with Crippen LogP contribution in [0.15, 0.2) is 54.6 Å². The van der Waals surface area contributed by atoms with Crippen LogP contribution in [-0.4, -0.2) is 105 Å². The van der Waals surface area contributed by atoms with Crippen molar-refractivity contribution in [2.75, 3.05) is 46.6 Å². The van der Waals surface area contributed by atoms with E-state index in [1.54, 1.807) is 12.1 Å². The van der Waals surface area contributed by atoms with E-state index in [0.29, 0.717) is 32.1 Å². The summed E-state index contributed by atoms with van der Waals surface area (Å²) in [5.74, 6) is -2.47. The minimum absolute atomic E-state index is 0.0855. The van der Waals surface area contributed by atoms with Crippen molar-refractivity contribution in [1.82, 2.24) is 20.9 Å². The van der Waals surface area contributed by atoms with Crippen molar-refractivity contribution in [2.24, 2.45) is 0 Å². The number of epoxide rings is 1. The Morgan fingerprint density at radius 2 is 1.60 bits per heavy atom. The zero-order valence-corrected chi connectivity index (χ0v) is 23.7. The number of hydrogen-bond donors (Lipinski definition) is 3. The van der Waals surface area contributed by atoms with Gasteiger partial charge >= 0.3 is 0 Å². The largest absolute Gasteiger partial charge is 0.497 e. The Morgan fingerprint density at radius 1 is 0.929 bits per heavy atom. The van der Waals surface area contributed by atoms with Gasteiger partial charge in [0, 0.05) is 18.7 Å². The molecule has 0 unspecified atom stereocenters. The van der Waals surface area contributed by atoms with Gasteiger partial charge < -0.3 is 30.2 Å². The van der Waals surface area contributed by atoms with Gasteiger partial charge in [0.05, 0.1) is 39.5 Å². The van der Waals surface area contributed by atoms with Gasteiger partial charge in [0.1, 0.15) is 17.9 Å². The number of benzene rings is 2. The Morgan fingerprint density at radius 3 is 2.21 bits per heavy atom. The Bertz CT molecular complexity index is 1260. The fraction of sp³-hybridized carbons (Fsp3) is 0.433. The summed E-state index contributed by atoms with van der Waals surface area (Å²) in [5.41, 5.74) is 0.951. The number of rotatable bonds is 14. The first-order chi connectivity index (χ1) is 20.2. The highest BCUT2D eigenvalue weighted by atomic mass is 16.6. The fourth-order valence-corrected chi connectivity index (χ4v) is 4.52. The number of hydrogen-bond acceptors (Lipinski definition) is 9. The van der Waals surface area contributed by atoms with Crippen molar-refractivity contribution < 1.29 is 38.2 Å². The van der Waals surface area contributed by atoms with Gasteiger partial charge in [0.2, 0.25) is 11.8 Å². The average Bonchev–Trinajstić information content (AvgIpc) is 3.85. The zero-order chi connectivity index (χ0) is 30.1. The molecule has 3 amide bonds. The second kappa shape index (κ2) is 14.7. The highest BCUT2D eigenvalue weighted by molar-refractivity contribution is 6.16. The van der Waals surface area contributed by atoms with E-state index in [0.717, 1.165) is 5.56 Å². The van der Waals surface area contributed by atoms with E-state index in [1.165, 1.54) is 26.2 Å². The highest BCUT2D eigenvalue weighted by Crippen LogP contribution is 2.17. The minimum Gasteiger partial charge on any atom is -0.497 e. The molecule has 4 rings (SSSR count). The molecule has 2 aromatic carbocycles. The van der Waals surface area contributed by atoms with Crippen LogP contribution in [0.4, 0.5) is 0 Å². The number of ether oxygens (including phenoxy) is 3. The summed E-state index contributed by atoms with van der Waals surface area (Å²) in [6.07, 6.45) is -0.456. The molecule has 12 heteroatoms. The van der Waals surface area contributed by atoms with Crippen LogP contribution in [0.3, 0.4) is 0 Å². The third kappa shape index (κ3) is 8.68.